The summed E-state index contributed by atoms with van der Waals surface area (Å²) in [5.41, 5.74) is 7.26. The second-order valence-corrected chi connectivity index (χ2v) is 5.07. The van der Waals surface area contributed by atoms with E-state index in [0.717, 1.165) is 42.2 Å². The Morgan fingerprint density at radius 1 is 1.44 bits per heavy atom. The predicted octanol–water partition coefficient (Wildman–Crippen LogP) is 1.95. The van der Waals surface area contributed by atoms with Crippen LogP contribution in [0.2, 0.25) is 0 Å². The summed E-state index contributed by atoms with van der Waals surface area (Å²) in [5.74, 6) is 1.04. The van der Waals surface area contributed by atoms with Gasteiger partial charge in [-0.1, -0.05) is 18.3 Å². The van der Waals surface area contributed by atoms with E-state index in [1.165, 1.54) is 11.5 Å². The van der Waals surface area contributed by atoms with Crippen molar-refractivity contribution in [2.24, 2.45) is 5.73 Å². The number of hydrogen-bond acceptors (Lipinski definition) is 5. The van der Waals surface area contributed by atoms with Gasteiger partial charge in [0.05, 0.1) is 10.6 Å². The predicted molar refractivity (Wildman–Crippen MR) is 72.4 cm³/mol. The summed E-state index contributed by atoms with van der Waals surface area (Å²) in [5, 5.41) is 4.11. The molecule has 0 aliphatic rings. The molecule has 0 spiro atoms. The molecule has 0 aromatic carbocycles. The van der Waals surface area contributed by atoms with Crippen LogP contribution in [-0.2, 0) is 19.4 Å². The van der Waals surface area contributed by atoms with Crippen LogP contribution in [0.25, 0.3) is 0 Å². The lowest BCUT2D eigenvalue weighted by molar-refractivity contribution is 0.600. The molecule has 0 aliphatic carbocycles. The molecule has 2 aromatic heterocycles. The number of hydrogen-bond donors (Lipinski definition) is 1. The van der Waals surface area contributed by atoms with E-state index in [1.807, 2.05) is 12.4 Å². The molecular formula is C12H19N5S. The Morgan fingerprint density at radius 2 is 2.28 bits per heavy atom. The molecule has 0 saturated heterocycles. The SMILES string of the molecule is CCCn1ccnc1CC(N)c1snnc1CC. The van der Waals surface area contributed by atoms with Crippen molar-refractivity contribution in [3.05, 3.63) is 28.8 Å². The Hall–Kier alpha value is -1.27. The van der Waals surface area contributed by atoms with Gasteiger partial charge in [0.1, 0.15) is 5.82 Å². The molecule has 0 aliphatic heterocycles. The second-order valence-electron chi connectivity index (χ2n) is 4.28. The normalized spacial score (nSPS) is 12.8. The van der Waals surface area contributed by atoms with Crippen molar-refractivity contribution in [1.82, 2.24) is 19.1 Å². The minimum absolute atomic E-state index is 0.0574. The Labute approximate surface area is 111 Å². The first-order chi connectivity index (χ1) is 8.76. The molecule has 0 amide bonds. The van der Waals surface area contributed by atoms with E-state index in [1.54, 1.807) is 0 Å². The van der Waals surface area contributed by atoms with Gasteiger partial charge in [0.15, 0.2) is 0 Å². The van der Waals surface area contributed by atoms with Gasteiger partial charge in [0.25, 0.3) is 0 Å². The largest absolute Gasteiger partial charge is 0.335 e. The summed E-state index contributed by atoms with van der Waals surface area (Å²) in [6, 6.07) is -0.0574. The Kier molecular flexibility index (Phi) is 4.43. The fraction of sp³-hybridized carbons (Fsp3) is 0.583. The van der Waals surface area contributed by atoms with Gasteiger partial charge in [0, 0.05) is 31.4 Å². The van der Waals surface area contributed by atoms with Crippen molar-refractivity contribution in [2.45, 2.75) is 45.7 Å². The highest BCUT2D eigenvalue weighted by atomic mass is 32.1. The molecule has 6 heteroatoms. The Morgan fingerprint density at radius 3 is 3.00 bits per heavy atom. The molecule has 0 saturated carbocycles. The van der Waals surface area contributed by atoms with E-state index < -0.39 is 0 Å². The van der Waals surface area contributed by atoms with Crippen molar-refractivity contribution in [3.8, 4) is 0 Å². The first-order valence-electron chi connectivity index (χ1n) is 6.33. The first kappa shape index (κ1) is 13.2. The van der Waals surface area contributed by atoms with Crippen LogP contribution < -0.4 is 5.73 Å². The number of rotatable bonds is 6. The number of aromatic nitrogens is 4. The van der Waals surface area contributed by atoms with E-state index in [0.29, 0.717) is 0 Å². The summed E-state index contributed by atoms with van der Waals surface area (Å²) in [4.78, 5) is 5.47. The van der Waals surface area contributed by atoms with Crippen LogP contribution in [0.1, 0.15) is 42.7 Å². The topological polar surface area (TPSA) is 69.6 Å². The third-order valence-electron chi connectivity index (χ3n) is 2.93. The second kappa shape index (κ2) is 6.06. The molecule has 0 radical (unpaired) electrons. The summed E-state index contributed by atoms with van der Waals surface area (Å²) in [6.45, 7) is 5.22. The molecule has 1 unspecified atom stereocenters. The van der Waals surface area contributed by atoms with Crippen molar-refractivity contribution >= 4 is 11.5 Å². The van der Waals surface area contributed by atoms with Crippen LogP contribution in [0, 0.1) is 0 Å². The Bertz CT molecular complexity index is 490. The van der Waals surface area contributed by atoms with E-state index in [4.69, 9.17) is 5.73 Å². The molecule has 0 fully saturated rings. The third kappa shape index (κ3) is 2.76. The average Bonchev–Trinajstić information content (AvgIpc) is 2.98. The highest BCUT2D eigenvalue weighted by Gasteiger charge is 2.17. The minimum atomic E-state index is -0.0574. The van der Waals surface area contributed by atoms with Crippen LogP contribution in [-0.4, -0.2) is 19.1 Å². The average molecular weight is 265 g/mol. The van der Waals surface area contributed by atoms with Gasteiger partial charge in [0.2, 0.25) is 0 Å². The van der Waals surface area contributed by atoms with Crippen LogP contribution >= 0.6 is 11.5 Å². The first-order valence-corrected chi connectivity index (χ1v) is 7.10. The minimum Gasteiger partial charge on any atom is -0.335 e. The van der Waals surface area contributed by atoms with Gasteiger partial charge < -0.3 is 10.3 Å². The van der Waals surface area contributed by atoms with E-state index in [-0.39, 0.29) is 6.04 Å². The zero-order valence-electron chi connectivity index (χ0n) is 10.8. The smallest absolute Gasteiger partial charge is 0.110 e. The van der Waals surface area contributed by atoms with E-state index in [2.05, 4.69) is 33.0 Å². The van der Waals surface area contributed by atoms with Gasteiger partial charge in [-0.05, 0) is 24.4 Å². The maximum absolute atomic E-state index is 6.25. The number of nitrogens with zero attached hydrogens (tertiary/aromatic N) is 4. The quantitative estimate of drug-likeness (QED) is 0.866. The highest BCUT2D eigenvalue weighted by Crippen LogP contribution is 2.22. The van der Waals surface area contributed by atoms with Crippen molar-refractivity contribution in [3.63, 3.8) is 0 Å². The lowest BCUT2D eigenvalue weighted by Crippen LogP contribution is -2.16. The molecule has 5 nitrogen and oxygen atoms in total. The highest BCUT2D eigenvalue weighted by molar-refractivity contribution is 7.05. The van der Waals surface area contributed by atoms with E-state index in [9.17, 15) is 0 Å². The number of imidazole rings is 1. The van der Waals surface area contributed by atoms with Crippen molar-refractivity contribution in [1.29, 1.82) is 0 Å². The van der Waals surface area contributed by atoms with Gasteiger partial charge in [-0.2, -0.15) is 0 Å². The summed E-state index contributed by atoms with van der Waals surface area (Å²) >= 11 is 1.40. The summed E-state index contributed by atoms with van der Waals surface area (Å²) in [6.07, 6.45) is 6.56. The molecule has 98 valence electrons. The van der Waals surface area contributed by atoms with Crippen LogP contribution in [0.5, 0.6) is 0 Å². The fourth-order valence-electron chi connectivity index (χ4n) is 2.01. The molecule has 0 bridgehead atoms. The van der Waals surface area contributed by atoms with Crippen LogP contribution in [0.3, 0.4) is 0 Å². The maximum atomic E-state index is 6.25. The molecule has 1 atom stereocenters. The summed E-state index contributed by atoms with van der Waals surface area (Å²) in [7, 11) is 0. The van der Waals surface area contributed by atoms with Gasteiger partial charge >= 0.3 is 0 Å². The van der Waals surface area contributed by atoms with Gasteiger partial charge in [-0.25, -0.2) is 4.98 Å². The fourth-order valence-corrected chi connectivity index (χ4v) is 2.74. The van der Waals surface area contributed by atoms with Crippen molar-refractivity contribution in [2.75, 3.05) is 0 Å². The maximum Gasteiger partial charge on any atom is 0.110 e. The summed E-state index contributed by atoms with van der Waals surface area (Å²) < 4.78 is 6.15. The molecule has 2 N–H and O–H groups in total. The Balaban J connectivity index is 2.11. The van der Waals surface area contributed by atoms with Gasteiger partial charge in [-0.15, -0.1) is 5.10 Å². The van der Waals surface area contributed by atoms with Crippen LogP contribution in [0.15, 0.2) is 12.4 Å². The van der Waals surface area contributed by atoms with Crippen molar-refractivity contribution < 1.29 is 0 Å². The molecule has 2 aromatic rings. The van der Waals surface area contributed by atoms with Gasteiger partial charge in [-0.3, -0.25) is 0 Å². The monoisotopic (exact) mass is 265 g/mol. The molecule has 2 rings (SSSR count). The number of nitrogens with two attached hydrogens (primary N) is 1. The van der Waals surface area contributed by atoms with Crippen LogP contribution in [0.4, 0.5) is 0 Å². The third-order valence-corrected chi connectivity index (χ3v) is 3.82. The lowest BCUT2D eigenvalue weighted by atomic mass is 10.1. The zero-order valence-corrected chi connectivity index (χ0v) is 11.7. The molecular weight excluding hydrogens is 246 g/mol. The number of aryl methyl sites for hydroxylation is 2. The zero-order chi connectivity index (χ0) is 13.0. The molecule has 2 heterocycles. The lowest BCUT2D eigenvalue weighted by Gasteiger charge is -2.11. The molecule has 18 heavy (non-hydrogen) atoms. The standard InChI is InChI=1S/C12H19N5S/c1-3-6-17-7-5-14-11(17)8-9(13)12-10(4-2)15-16-18-12/h5,7,9H,3-4,6,8,13H2,1-2H3. The van der Waals surface area contributed by atoms with E-state index >= 15 is 0 Å².